The molecule has 0 radical (unpaired) electrons. The molecule has 3 nitrogen and oxygen atoms in total. The molecule has 0 spiro atoms. The van der Waals surface area contributed by atoms with Crippen molar-refractivity contribution >= 4 is 17.6 Å². The molecule has 0 aliphatic heterocycles. The third-order valence-electron chi connectivity index (χ3n) is 3.17. The molecule has 4 heteroatoms. The van der Waals surface area contributed by atoms with Crippen LogP contribution in [0.25, 0.3) is 0 Å². The number of benzene rings is 1. The predicted octanol–water partition coefficient (Wildman–Crippen LogP) is 3.54. The summed E-state index contributed by atoms with van der Waals surface area (Å²) in [6, 6.07) is 10.4. The fourth-order valence-electron chi connectivity index (χ4n) is 2.04. The lowest BCUT2D eigenvalue weighted by Gasteiger charge is -2.05. The molecule has 0 bridgehead atoms. The van der Waals surface area contributed by atoms with E-state index >= 15 is 0 Å². The molecule has 2 aromatic rings. The molecule has 1 fully saturated rings. The number of nitrogens with two attached hydrogens (primary N) is 1. The van der Waals surface area contributed by atoms with Crippen molar-refractivity contribution in [1.29, 1.82) is 0 Å². The van der Waals surface area contributed by atoms with Gasteiger partial charge >= 0.3 is 0 Å². The van der Waals surface area contributed by atoms with Gasteiger partial charge in [-0.05, 0) is 31.9 Å². The number of rotatable bonds is 4. The van der Waals surface area contributed by atoms with Crippen LogP contribution >= 0.6 is 11.8 Å². The zero-order chi connectivity index (χ0) is 13.2. The van der Waals surface area contributed by atoms with Crippen molar-refractivity contribution in [3.05, 3.63) is 47.4 Å². The smallest absolute Gasteiger partial charge is 0.141 e. The van der Waals surface area contributed by atoms with E-state index in [4.69, 9.17) is 5.73 Å². The number of thioether (sulfide) groups is 1. The molecule has 0 unspecified atom stereocenters. The number of nitrogen functional groups attached to an aromatic ring is 1. The molecule has 0 amide bonds. The summed E-state index contributed by atoms with van der Waals surface area (Å²) in [5.41, 5.74) is 8.25. The van der Waals surface area contributed by atoms with E-state index in [2.05, 4.69) is 41.2 Å². The highest BCUT2D eigenvalue weighted by Gasteiger charge is 2.25. The zero-order valence-corrected chi connectivity index (χ0v) is 11.8. The van der Waals surface area contributed by atoms with E-state index in [1.54, 1.807) is 11.8 Å². The average molecular weight is 271 g/mol. The quantitative estimate of drug-likeness (QED) is 0.864. The van der Waals surface area contributed by atoms with Gasteiger partial charge in [-0.3, -0.25) is 0 Å². The molecule has 1 aliphatic rings. The molecule has 0 saturated heterocycles. The average Bonchev–Trinajstić information content (AvgIpc) is 3.20. The highest BCUT2D eigenvalue weighted by Crippen LogP contribution is 2.39. The third-order valence-corrected chi connectivity index (χ3v) is 4.15. The van der Waals surface area contributed by atoms with Gasteiger partial charge in [0.2, 0.25) is 0 Å². The second kappa shape index (κ2) is 5.21. The van der Waals surface area contributed by atoms with Crippen LogP contribution in [0.1, 0.15) is 35.8 Å². The van der Waals surface area contributed by atoms with Gasteiger partial charge in [-0.15, -0.1) is 11.8 Å². The van der Waals surface area contributed by atoms with Crippen LogP contribution in [0.5, 0.6) is 0 Å². The number of aryl methyl sites for hydroxylation is 1. The maximum atomic E-state index is 5.86. The number of hydrogen-bond donors (Lipinski definition) is 1. The Labute approximate surface area is 117 Å². The Balaban J connectivity index is 1.72. The van der Waals surface area contributed by atoms with Gasteiger partial charge in [-0.25, -0.2) is 9.97 Å². The highest BCUT2D eigenvalue weighted by atomic mass is 32.2. The lowest BCUT2D eigenvalue weighted by Crippen LogP contribution is -2.01. The minimum atomic E-state index is 0.594. The first kappa shape index (κ1) is 12.5. The molecular formula is C15H17N3S. The fraction of sp³-hybridized carbons (Fsp3) is 0.333. The van der Waals surface area contributed by atoms with Gasteiger partial charge in [-0.1, -0.05) is 17.7 Å². The first-order valence-corrected chi connectivity index (χ1v) is 7.52. The van der Waals surface area contributed by atoms with Gasteiger partial charge in [0.25, 0.3) is 0 Å². The summed E-state index contributed by atoms with van der Waals surface area (Å²) in [4.78, 5) is 10.2. The number of aromatic nitrogens is 2. The number of nitrogens with zero attached hydrogens (tertiary/aromatic N) is 2. The Morgan fingerprint density at radius 3 is 2.84 bits per heavy atom. The molecule has 1 aromatic heterocycles. The van der Waals surface area contributed by atoms with E-state index in [-0.39, 0.29) is 0 Å². The van der Waals surface area contributed by atoms with Gasteiger partial charge in [0.05, 0.1) is 5.75 Å². The highest BCUT2D eigenvalue weighted by molar-refractivity contribution is 7.98. The Morgan fingerprint density at radius 1 is 1.26 bits per heavy atom. The van der Waals surface area contributed by atoms with Crippen molar-refractivity contribution in [3.63, 3.8) is 0 Å². The summed E-state index contributed by atoms with van der Waals surface area (Å²) in [6.45, 7) is 2.10. The first-order valence-electron chi connectivity index (χ1n) is 6.53. The largest absolute Gasteiger partial charge is 0.384 e. The van der Waals surface area contributed by atoms with Gasteiger partial charge in [0.15, 0.2) is 0 Å². The molecular weight excluding hydrogens is 254 g/mol. The van der Waals surface area contributed by atoms with Gasteiger partial charge in [-0.2, -0.15) is 0 Å². The normalized spacial score (nSPS) is 14.6. The molecule has 3 rings (SSSR count). The minimum absolute atomic E-state index is 0.594. The maximum absolute atomic E-state index is 5.86. The second-order valence-electron chi connectivity index (χ2n) is 5.01. The fourth-order valence-corrected chi connectivity index (χ4v) is 2.91. The SMILES string of the molecule is Cc1cccc(SCc2nc(N)cc(C3CC3)n2)c1. The summed E-state index contributed by atoms with van der Waals surface area (Å²) in [5.74, 6) is 2.83. The Bertz CT molecular complexity index is 594. The Kier molecular flexibility index (Phi) is 3.42. The van der Waals surface area contributed by atoms with E-state index in [0.717, 1.165) is 17.3 Å². The lowest BCUT2D eigenvalue weighted by molar-refractivity contribution is 0.937. The predicted molar refractivity (Wildman–Crippen MR) is 79.2 cm³/mol. The molecule has 1 heterocycles. The van der Waals surface area contributed by atoms with Crippen molar-refractivity contribution in [2.45, 2.75) is 36.3 Å². The van der Waals surface area contributed by atoms with E-state index in [9.17, 15) is 0 Å². The summed E-state index contributed by atoms with van der Waals surface area (Å²) < 4.78 is 0. The molecule has 1 aromatic carbocycles. The zero-order valence-electron chi connectivity index (χ0n) is 11.0. The monoisotopic (exact) mass is 271 g/mol. The van der Waals surface area contributed by atoms with E-state index in [0.29, 0.717) is 11.7 Å². The van der Waals surface area contributed by atoms with Crippen LogP contribution in [0.4, 0.5) is 5.82 Å². The van der Waals surface area contributed by atoms with Crippen molar-refractivity contribution in [3.8, 4) is 0 Å². The third kappa shape index (κ3) is 3.26. The van der Waals surface area contributed by atoms with Gasteiger partial charge in [0, 0.05) is 22.6 Å². The minimum Gasteiger partial charge on any atom is -0.384 e. The molecule has 98 valence electrons. The summed E-state index contributed by atoms with van der Waals surface area (Å²) in [6.07, 6.45) is 2.47. The van der Waals surface area contributed by atoms with Gasteiger partial charge in [0.1, 0.15) is 11.6 Å². The van der Waals surface area contributed by atoms with Crippen molar-refractivity contribution in [2.75, 3.05) is 5.73 Å². The summed E-state index contributed by atoms with van der Waals surface area (Å²) in [7, 11) is 0. The van der Waals surface area contributed by atoms with Crippen LogP contribution in [-0.4, -0.2) is 9.97 Å². The summed E-state index contributed by atoms with van der Waals surface area (Å²) >= 11 is 1.76. The first-order chi connectivity index (χ1) is 9.20. The van der Waals surface area contributed by atoms with E-state index in [1.807, 2.05) is 6.07 Å². The van der Waals surface area contributed by atoms with Gasteiger partial charge < -0.3 is 5.73 Å². The van der Waals surface area contributed by atoms with Crippen LogP contribution in [-0.2, 0) is 5.75 Å². The molecule has 1 saturated carbocycles. The van der Waals surface area contributed by atoms with Crippen molar-refractivity contribution in [1.82, 2.24) is 9.97 Å². The van der Waals surface area contributed by atoms with Crippen LogP contribution in [0.3, 0.4) is 0 Å². The Morgan fingerprint density at radius 2 is 2.11 bits per heavy atom. The standard InChI is InChI=1S/C15H17N3S/c1-10-3-2-4-12(7-10)19-9-15-17-13(11-5-6-11)8-14(16)18-15/h2-4,7-8,11H,5-6,9H2,1H3,(H2,16,17,18). The topological polar surface area (TPSA) is 51.8 Å². The second-order valence-corrected chi connectivity index (χ2v) is 6.06. The number of anilines is 1. The summed E-state index contributed by atoms with van der Waals surface area (Å²) in [5, 5.41) is 0. The van der Waals surface area contributed by atoms with Crippen LogP contribution < -0.4 is 5.73 Å². The van der Waals surface area contributed by atoms with E-state index in [1.165, 1.54) is 23.3 Å². The van der Waals surface area contributed by atoms with E-state index < -0.39 is 0 Å². The lowest BCUT2D eigenvalue weighted by atomic mass is 10.2. The number of hydrogen-bond acceptors (Lipinski definition) is 4. The molecule has 1 aliphatic carbocycles. The van der Waals surface area contributed by atoms with Crippen LogP contribution in [0.2, 0.25) is 0 Å². The van der Waals surface area contributed by atoms with Crippen molar-refractivity contribution in [2.24, 2.45) is 0 Å². The molecule has 2 N–H and O–H groups in total. The maximum Gasteiger partial charge on any atom is 0.141 e. The van der Waals surface area contributed by atoms with Crippen molar-refractivity contribution < 1.29 is 0 Å². The molecule has 19 heavy (non-hydrogen) atoms. The van der Waals surface area contributed by atoms with Crippen LogP contribution in [0.15, 0.2) is 35.2 Å². The van der Waals surface area contributed by atoms with Crippen LogP contribution in [0, 0.1) is 6.92 Å². The molecule has 0 atom stereocenters. The Hall–Kier alpha value is -1.55.